The van der Waals surface area contributed by atoms with E-state index in [0.29, 0.717) is 17.9 Å². The van der Waals surface area contributed by atoms with Crippen molar-refractivity contribution in [3.05, 3.63) is 0 Å². The minimum absolute atomic E-state index is 0.0644. The van der Waals surface area contributed by atoms with Gasteiger partial charge in [-0.1, -0.05) is 6.92 Å². The van der Waals surface area contributed by atoms with Crippen molar-refractivity contribution < 1.29 is 4.79 Å². The minimum atomic E-state index is 0.0644. The first-order valence-electron chi connectivity index (χ1n) is 4.87. The van der Waals surface area contributed by atoms with E-state index in [-0.39, 0.29) is 5.41 Å². The van der Waals surface area contributed by atoms with Gasteiger partial charge in [-0.25, -0.2) is 0 Å². The molecule has 3 aliphatic carbocycles. The Morgan fingerprint density at radius 2 is 2.08 bits per heavy atom. The van der Waals surface area contributed by atoms with E-state index in [2.05, 4.69) is 12.2 Å². The molecule has 1 amide bonds. The summed E-state index contributed by atoms with van der Waals surface area (Å²) in [6.07, 6.45) is 2.29. The van der Waals surface area contributed by atoms with Gasteiger partial charge in [0.25, 0.3) is 0 Å². The summed E-state index contributed by atoms with van der Waals surface area (Å²) in [5, 5.41) is 3.01. The average molecular weight is 167 g/mol. The van der Waals surface area contributed by atoms with Crippen LogP contribution in [0, 0.1) is 17.3 Å². The summed E-state index contributed by atoms with van der Waals surface area (Å²) in [5.41, 5.74) is 0.0644. The molecule has 2 bridgehead atoms. The Bertz CT molecular complexity index is 216. The number of rotatable bonds is 2. The highest BCUT2D eigenvalue weighted by Crippen LogP contribution is 2.68. The summed E-state index contributed by atoms with van der Waals surface area (Å²) >= 11 is 0. The standard InChI is InChI=1S/C10H17NO/c1-6(2)11-9(12)10-4-8(5-10)7(10)3/h6-8H,4-5H2,1-3H3,(H,11,12)/t7-,8?,10?/m0/s1. The highest BCUT2D eigenvalue weighted by Gasteiger charge is 2.67. The average Bonchev–Trinajstić information content (AvgIpc) is 1.82. The maximum absolute atomic E-state index is 11.7. The molecule has 0 aliphatic heterocycles. The first-order valence-corrected chi connectivity index (χ1v) is 4.87. The highest BCUT2D eigenvalue weighted by molar-refractivity contribution is 5.86. The maximum Gasteiger partial charge on any atom is 0.226 e. The van der Waals surface area contributed by atoms with Crippen LogP contribution in [0.5, 0.6) is 0 Å². The molecule has 3 rings (SSSR count). The van der Waals surface area contributed by atoms with Gasteiger partial charge in [0.2, 0.25) is 5.91 Å². The number of carbonyl (C=O) groups excluding carboxylic acids is 1. The van der Waals surface area contributed by atoms with Crippen LogP contribution in [0.3, 0.4) is 0 Å². The molecule has 3 fully saturated rings. The van der Waals surface area contributed by atoms with Crippen LogP contribution in [0.15, 0.2) is 0 Å². The van der Waals surface area contributed by atoms with E-state index >= 15 is 0 Å². The van der Waals surface area contributed by atoms with Crippen molar-refractivity contribution in [3.8, 4) is 0 Å². The first kappa shape index (κ1) is 8.09. The number of hydrogen-bond donors (Lipinski definition) is 1. The summed E-state index contributed by atoms with van der Waals surface area (Å²) < 4.78 is 0. The van der Waals surface area contributed by atoms with Gasteiger partial charge in [-0.05, 0) is 38.5 Å². The third kappa shape index (κ3) is 0.782. The molecule has 68 valence electrons. The van der Waals surface area contributed by atoms with Crippen LogP contribution in [0.4, 0.5) is 0 Å². The smallest absolute Gasteiger partial charge is 0.226 e. The Hall–Kier alpha value is -0.530. The Labute approximate surface area is 73.7 Å². The van der Waals surface area contributed by atoms with Crippen LogP contribution in [0.25, 0.3) is 0 Å². The molecule has 12 heavy (non-hydrogen) atoms. The normalized spacial score (nSPS) is 43.3. The van der Waals surface area contributed by atoms with Crippen molar-refractivity contribution in [1.82, 2.24) is 5.32 Å². The Morgan fingerprint density at radius 3 is 2.33 bits per heavy atom. The van der Waals surface area contributed by atoms with E-state index in [9.17, 15) is 4.79 Å². The predicted molar refractivity (Wildman–Crippen MR) is 47.6 cm³/mol. The third-order valence-electron chi connectivity index (χ3n) is 3.70. The quantitative estimate of drug-likeness (QED) is 0.664. The van der Waals surface area contributed by atoms with Crippen molar-refractivity contribution in [3.63, 3.8) is 0 Å². The highest BCUT2D eigenvalue weighted by atomic mass is 16.2. The molecule has 0 unspecified atom stereocenters. The molecule has 0 aromatic rings. The van der Waals surface area contributed by atoms with Crippen LogP contribution < -0.4 is 5.32 Å². The molecule has 2 heteroatoms. The van der Waals surface area contributed by atoms with Crippen LogP contribution in [0.1, 0.15) is 33.6 Å². The molecule has 3 saturated carbocycles. The molecule has 0 radical (unpaired) electrons. The van der Waals surface area contributed by atoms with Crippen LogP contribution in [-0.2, 0) is 4.79 Å². The molecule has 0 saturated heterocycles. The fraction of sp³-hybridized carbons (Fsp3) is 0.900. The van der Waals surface area contributed by atoms with E-state index in [4.69, 9.17) is 0 Å². The first-order chi connectivity index (χ1) is 5.56. The second-order valence-corrected chi connectivity index (χ2v) is 4.74. The van der Waals surface area contributed by atoms with Crippen LogP contribution in [-0.4, -0.2) is 11.9 Å². The molecule has 1 N–H and O–H groups in total. The topological polar surface area (TPSA) is 29.1 Å². The Kier molecular flexibility index (Phi) is 1.51. The van der Waals surface area contributed by atoms with E-state index < -0.39 is 0 Å². The second kappa shape index (κ2) is 2.24. The van der Waals surface area contributed by atoms with E-state index in [1.54, 1.807) is 0 Å². The van der Waals surface area contributed by atoms with Gasteiger partial charge in [0.15, 0.2) is 0 Å². The van der Waals surface area contributed by atoms with Gasteiger partial charge < -0.3 is 5.32 Å². The predicted octanol–water partition coefficient (Wildman–Crippen LogP) is 1.56. The summed E-state index contributed by atoms with van der Waals surface area (Å²) in [5.74, 6) is 1.81. The van der Waals surface area contributed by atoms with Gasteiger partial charge in [0.1, 0.15) is 0 Å². The van der Waals surface area contributed by atoms with E-state index in [1.165, 1.54) is 0 Å². The van der Waals surface area contributed by atoms with Gasteiger partial charge in [0.05, 0.1) is 5.41 Å². The van der Waals surface area contributed by atoms with Gasteiger partial charge in [-0.3, -0.25) is 4.79 Å². The molecular formula is C10H17NO. The molecule has 3 aliphatic rings. The number of hydrogen-bond acceptors (Lipinski definition) is 1. The molecule has 0 spiro atoms. The van der Waals surface area contributed by atoms with Crippen molar-refractivity contribution in [1.29, 1.82) is 0 Å². The number of amides is 1. The Morgan fingerprint density at radius 1 is 1.50 bits per heavy atom. The number of nitrogens with one attached hydrogen (secondary N) is 1. The largest absolute Gasteiger partial charge is 0.353 e. The zero-order chi connectivity index (χ0) is 8.93. The minimum Gasteiger partial charge on any atom is -0.353 e. The summed E-state index contributed by atoms with van der Waals surface area (Å²) in [7, 11) is 0. The van der Waals surface area contributed by atoms with Gasteiger partial charge >= 0.3 is 0 Å². The Balaban J connectivity index is 1.96. The van der Waals surface area contributed by atoms with Crippen molar-refractivity contribution in [2.24, 2.45) is 17.3 Å². The second-order valence-electron chi connectivity index (χ2n) is 4.74. The maximum atomic E-state index is 11.7. The molecule has 0 heterocycles. The van der Waals surface area contributed by atoms with Gasteiger partial charge in [0, 0.05) is 6.04 Å². The molecule has 2 nitrogen and oxygen atoms in total. The van der Waals surface area contributed by atoms with Crippen molar-refractivity contribution in [2.45, 2.75) is 39.7 Å². The lowest BCUT2D eigenvalue weighted by Gasteiger charge is -2.66. The zero-order valence-corrected chi connectivity index (χ0v) is 8.05. The molecule has 0 aromatic heterocycles. The lowest BCUT2D eigenvalue weighted by Crippen LogP contribution is -2.67. The fourth-order valence-corrected chi connectivity index (χ4v) is 2.53. The monoisotopic (exact) mass is 167 g/mol. The third-order valence-corrected chi connectivity index (χ3v) is 3.70. The van der Waals surface area contributed by atoms with Crippen molar-refractivity contribution >= 4 is 5.91 Å². The fourth-order valence-electron chi connectivity index (χ4n) is 2.53. The van der Waals surface area contributed by atoms with E-state index in [0.717, 1.165) is 18.8 Å². The summed E-state index contributed by atoms with van der Waals surface area (Å²) in [6, 6.07) is 0.290. The lowest BCUT2D eigenvalue weighted by molar-refractivity contribution is -0.194. The molecule has 1 atom stereocenters. The number of carbonyl (C=O) groups is 1. The summed E-state index contributed by atoms with van der Waals surface area (Å²) in [4.78, 5) is 11.7. The lowest BCUT2D eigenvalue weighted by atomic mass is 9.38. The van der Waals surface area contributed by atoms with Gasteiger partial charge in [-0.2, -0.15) is 0 Å². The SMILES string of the molecule is CC(C)NC(=O)C12CC(C1)[C@@H]2C. The molecule has 0 aromatic carbocycles. The van der Waals surface area contributed by atoms with Gasteiger partial charge in [-0.15, -0.1) is 0 Å². The van der Waals surface area contributed by atoms with E-state index in [1.807, 2.05) is 13.8 Å². The van der Waals surface area contributed by atoms with Crippen LogP contribution >= 0.6 is 0 Å². The zero-order valence-electron chi connectivity index (χ0n) is 8.05. The molecular weight excluding hydrogens is 150 g/mol. The summed E-state index contributed by atoms with van der Waals surface area (Å²) in [6.45, 7) is 6.25. The van der Waals surface area contributed by atoms with Crippen molar-refractivity contribution in [2.75, 3.05) is 0 Å². The van der Waals surface area contributed by atoms with Crippen LogP contribution in [0.2, 0.25) is 0 Å².